The second kappa shape index (κ2) is 7.27. The Bertz CT molecular complexity index is 778. The van der Waals surface area contributed by atoms with Crippen LogP contribution in [0.5, 0.6) is 0 Å². The Labute approximate surface area is 142 Å². The van der Waals surface area contributed by atoms with E-state index in [2.05, 4.69) is 16.3 Å². The summed E-state index contributed by atoms with van der Waals surface area (Å²) < 4.78 is 27.8. The molecular formula is C17H23N3O3S. The third-order valence-corrected chi connectivity index (χ3v) is 5.00. The van der Waals surface area contributed by atoms with Crippen molar-refractivity contribution in [1.29, 1.82) is 0 Å². The number of rotatable bonds is 5. The number of anilines is 2. The fourth-order valence-electron chi connectivity index (χ4n) is 3.00. The second-order valence-electron chi connectivity index (χ2n) is 6.04. The number of benzene rings is 1. The van der Waals surface area contributed by atoms with E-state index in [-0.39, 0.29) is 5.09 Å². The SMILES string of the molecule is NS(=O)(=O)c1ccc(CNc2ccccc2N2CCCCCC2)o1. The van der Waals surface area contributed by atoms with E-state index >= 15 is 0 Å². The molecule has 0 radical (unpaired) electrons. The fraction of sp³-hybridized carbons (Fsp3) is 0.412. The molecule has 0 saturated carbocycles. The van der Waals surface area contributed by atoms with E-state index in [1.54, 1.807) is 6.07 Å². The van der Waals surface area contributed by atoms with Gasteiger partial charge in [0.05, 0.1) is 17.9 Å². The van der Waals surface area contributed by atoms with Gasteiger partial charge in [-0.3, -0.25) is 0 Å². The van der Waals surface area contributed by atoms with E-state index in [0.29, 0.717) is 12.3 Å². The summed E-state index contributed by atoms with van der Waals surface area (Å²) in [5.74, 6) is 0.532. The monoisotopic (exact) mass is 349 g/mol. The molecular weight excluding hydrogens is 326 g/mol. The molecule has 1 fully saturated rings. The number of primary sulfonamides is 1. The van der Waals surface area contributed by atoms with Crippen molar-refractivity contribution in [3.05, 3.63) is 42.2 Å². The molecule has 3 N–H and O–H groups in total. The van der Waals surface area contributed by atoms with Crippen molar-refractivity contribution in [3.63, 3.8) is 0 Å². The number of sulfonamides is 1. The van der Waals surface area contributed by atoms with Crippen LogP contribution in [0.3, 0.4) is 0 Å². The first-order valence-corrected chi connectivity index (χ1v) is 9.78. The minimum absolute atomic E-state index is 0.208. The minimum Gasteiger partial charge on any atom is -0.446 e. The zero-order chi connectivity index (χ0) is 17.0. The smallest absolute Gasteiger partial charge is 0.271 e. The van der Waals surface area contributed by atoms with Crippen molar-refractivity contribution in [2.24, 2.45) is 5.14 Å². The Morgan fingerprint density at radius 2 is 1.75 bits per heavy atom. The third kappa shape index (κ3) is 4.10. The number of para-hydroxylation sites is 2. The maximum Gasteiger partial charge on any atom is 0.271 e. The normalized spacial score (nSPS) is 16.0. The molecule has 0 bridgehead atoms. The summed E-state index contributed by atoms with van der Waals surface area (Å²) >= 11 is 0. The summed E-state index contributed by atoms with van der Waals surface area (Å²) in [6.45, 7) is 2.53. The van der Waals surface area contributed by atoms with Gasteiger partial charge in [-0.2, -0.15) is 0 Å². The molecule has 6 nitrogen and oxygen atoms in total. The summed E-state index contributed by atoms with van der Waals surface area (Å²) in [5, 5.41) is 8.20. The van der Waals surface area contributed by atoms with Crippen LogP contribution in [-0.2, 0) is 16.6 Å². The Morgan fingerprint density at radius 3 is 2.42 bits per heavy atom. The molecule has 0 aliphatic carbocycles. The average Bonchev–Trinajstić information content (AvgIpc) is 2.88. The van der Waals surface area contributed by atoms with Crippen LogP contribution in [0.1, 0.15) is 31.4 Å². The number of nitrogens with one attached hydrogen (secondary N) is 1. The number of hydrogen-bond acceptors (Lipinski definition) is 5. The molecule has 0 spiro atoms. The molecule has 1 aliphatic rings. The molecule has 0 unspecified atom stereocenters. The summed E-state index contributed by atoms with van der Waals surface area (Å²) in [5.41, 5.74) is 2.20. The largest absolute Gasteiger partial charge is 0.446 e. The van der Waals surface area contributed by atoms with Crippen molar-refractivity contribution in [3.8, 4) is 0 Å². The van der Waals surface area contributed by atoms with Crippen molar-refractivity contribution in [2.75, 3.05) is 23.3 Å². The Morgan fingerprint density at radius 1 is 1.04 bits per heavy atom. The molecule has 1 aliphatic heterocycles. The van der Waals surface area contributed by atoms with Gasteiger partial charge in [0.1, 0.15) is 5.76 Å². The summed E-state index contributed by atoms with van der Waals surface area (Å²) in [6, 6.07) is 11.2. The highest BCUT2D eigenvalue weighted by Crippen LogP contribution is 2.28. The fourth-order valence-corrected chi connectivity index (χ4v) is 3.48. The average molecular weight is 349 g/mol. The zero-order valence-corrected chi connectivity index (χ0v) is 14.4. The predicted octanol–water partition coefficient (Wildman–Crippen LogP) is 2.92. The lowest BCUT2D eigenvalue weighted by atomic mass is 10.2. The maximum absolute atomic E-state index is 11.3. The summed E-state index contributed by atoms with van der Waals surface area (Å²) in [6.07, 6.45) is 5.00. The lowest BCUT2D eigenvalue weighted by molar-refractivity contribution is 0.419. The van der Waals surface area contributed by atoms with E-state index in [9.17, 15) is 8.42 Å². The van der Waals surface area contributed by atoms with Crippen LogP contribution in [0.15, 0.2) is 45.9 Å². The van der Waals surface area contributed by atoms with Crippen LogP contribution < -0.4 is 15.4 Å². The number of nitrogens with two attached hydrogens (primary N) is 1. The highest BCUT2D eigenvalue weighted by molar-refractivity contribution is 7.89. The highest BCUT2D eigenvalue weighted by atomic mass is 32.2. The zero-order valence-electron chi connectivity index (χ0n) is 13.6. The van der Waals surface area contributed by atoms with E-state index in [1.165, 1.54) is 37.4 Å². The molecule has 7 heteroatoms. The van der Waals surface area contributed by atoms with E-state index in [1.807, 2.05) is 18.2 Å². The minimum atomic E-state index is -3.80. The second-order valence-corrected chi connectivity index (χ2v) is 7.53. The van der Waals surface area contributed by atoms with Gasteiger partial charge in [0.25, 0.3) is 10.0 Å². The van der Waals surface area contributed by atoms with Crippen LogP contribution in [0, 0.1) is 0 Å². The Kier molecular flexibility index (Phi) is 5.11. The third-order valence-electron chi connectivity index (χ3n) is 4.22. The first kappa shape index (κ1) is 16.9. The van der Waals surface area contributed by atoms with Crippen molar-refractivity contribution in [1.82, 2.24) is 0 Å². The van der Waals surface area contributed by atoms with Gasteiger partial charge in [-0.1, -0.05) is 25.0 Å². The van der Waals surface area contributed by atoms with E-state index < -0.39 is 10.0 Å². The topological polar surface area (TPSA) is 88.6 Å². The summed E-state index contributed by atoms with van der Waals surface area (Å²) in [7, 11) is -3.80. The number of nitrogens with zero attached hydrogens (tertiary/aromatic N) is 1. The van der Waals surface area contributed by atoms with Crippen molar-refractivity contribution < 1.29 is 12.8 Å². The standard InChI is InChI=1S/C17H23N3O3S/c18-24(21,22)17-10-9-14(23-17)13-19-15-7-3-4-8-16(15)20-11-5-1-2-6-12-20/h3-4,7-10,19H,1-2,5-6,11-13H2,(H2,18,21,22). The molecule has 3 rings (SSSR count). The highest BCUT2D eigenvalue weighted by Gasteiger charge is 2.15. The number of hydrogen-bond donors (Lipinski definition) is 2. The molecule has 0 atom stereocenters. The van der Waals surface area contributed by atoms with Gasteiger partial charge in [-0.25, -0.2) is 13.6 Å². The first-order chi connectivity index (χ1) is 11.5. The molecule has 0 amide bonds. The maximum atomic E-state index is 11.3. The van der Waals surface area contributed by atoms with Gasteiger partial charge in [-0.15, -0.1) is 0 Å². The quantitative estimate of drug-likeness (QED) is 0.866. The molecule has 1 aromatic carbocycles. The van der Waals surface area contributed by atoms with E-state index in [4.69, 9.17) is 9.56 Å². The van der Waals surface area contributed by atoms with Gasteiger partial charge >= 0.3 is 0 Å². The van der Waals surface area contributed by atoms with Crippen LogP contribution in [0.4, 0.5) is 11.4 Å². The Balaban J connectivity index is 1.72. The van der Waals surface area contributed by atoms with Gasteiger partial charge in [0, 0.05) is 13.1 Å². The molecule has 1 aromatic heterocycles. The van der Waals surface area contributed by atoms with Crippen LogP contribution in [0.25, 0.3) is 0 Å². The molecule has 130 valence electrons. The lowest BCUT2D eigenvalue weighted by Gasteiger charge is -2.25. The van der Waals surface area contributed by atoms with Crippen LogP contribution >= 0.6 is 0 Å². The van der Waals surface area contributed by atoms with Gasteiger partial charge in [0.2, 0.25) is 5.09 Å². The van der Waals surface area contributed by atoms with E-state index in [0.717, 1.165) is 18.8 Å². The van der Waals surface area contributed by atoms with Crippen LogP contribution in [-0.4, -0.2) is 21.5 Å². The lowest BCUT2D eigenvalue weighted by Crippen LogP contribution is -2.24. The summed E-state index contributed by atoms with van der Waals surface area (Å²) in [4.78, 5) is 2.41. The predicted molar refractivity (Wildman–Crippen MR) is 94.5 cm³/mol. The van der Waals surface area contributed by atoms with Gasteiger partial charge in [0.15, 0.2) is 0 Å². The molecule has 1 saturated heterocycles. The van der Waals surface area contributed by atoms with Crippen molar-refractivity contribution >= 4 is 21.4 Å². The van der Waals surface area contributed by atoms with Gasteiger partial charge in [-0.05, 0) is 37.1 Å². The Hall–Kier alpha value is -1.99. The van der Waals surface area contributed by atoms with Crippen LogP contribution in [0.2, 0.25) is 0 Å². The molecule has 2 aromatic rings. The first-order valence-electron chi connectivity index (χ1n) is 8.23. The molecule has 24 heavy (non-hydrogen) atoms. The number of furan rings is 1. The molecule has 2 heterocycles. The van der Waals surface area contributed by atoms with Crippen molar-refractivity contribution in [2.45, 2.75) is 37.3 Å². The van der Waals surface area contributed by atoms with Gasteiger partial charge < -0.3 is 14.6 Å².